The summed E-state index contributed by atoms with van der Waals surface area (Å²) < 4.78 is 5.32. The van der Waals surface area contributed by atoms with Crippen LogP contribution in [0.4, 0.5) is 0 Å². The second kappa shape index (κ2) is 3.94. The molecule has 2 heteroatoms. The highest BCUT2D eigenvalue weighted by Crippen LogP contribution is 2.12. The molecule has 2 nitrogen and oxygen atoms in total. The molecule has 0 saturated carbocycles. The van der Waals surface area contributed by atoms with Gasteiger partial charge in [0.05, 0.1) is 6.61 Å². The Labute approximate surface area is 63.0 Å². The van der Waals surface area contributed by atoms with Gasteiger partial charge in [0.1, 0.15) is 0 Å². The molecule has 0 radical (unpaired) electrons. The lowest BCUT2D eigenvalue weighted by atomic mass is 9.98. The quantitative estimate of drug-likeness (QED) is 0.623. The zero-order chi connectivity index (χ0) is 7.40. The zero-order valence-corrected chi connectivity index (χ0v) is 6.89. The Hall–Kier alpha value is -0.0800. The third kappa shape index (κ3) is 1.96. The number of nitrogens with one attached hydrogen (secondary N) is 1. The molecule has 1 fully saturated rings. The van der Waals surface area contributed by atoms with Gasteiger partial charge in [-0.1, -0.05) is 13.8 Å². The normalized spacial score (nSPS) is 34.2. The fourth-order valence-corrected chi connectivity index (χ4v) is 1.45. The van der Waals surface area contributed by atoms with Crippen LogP contribution in [0.3, 0.4) is 0 Å². The number of hydrogen-bond donors (Lipinski definition) is 1. The van der Waals surface area contributed by atoms with Crippen molar-refractivity contribution in [1.29, 1.82) is 0 Å². The van der Waals surface area contributed by atoms with Gasteiger partial charge in [0.25, 0.3) is 0 Å². The van der Waals surface area contributed by atoms with E-state index in [0.717, 1.165) is 19.8 Å². The van der Waals surface area contributed by atoms with Crippen molar-refractivity contribution in [2.45, 2.75) is 26.3 Å². The average molecular weight is 143 g/mol. The van der Waals surface area contributed by atoms with E-state index in [1.165, 1.54) is 6.42 Å². The summed E-state index contributed by atoms with van der Waals surface area (Å²) in [6, 6.07) is 0.693. The van der Waals surface area contributed by atoms with Crippen LogP contribution < -0.4 is 5.32 Å². The van der Waals surface area contributed by atoms with Crippen molar-refractivity contribution in [3.05, 3.63) is 0 Å². The molecule has 1 aliphatic heterocycles. The van der Waals surface area contributed by atoms with E-state index in [4.69, 9.17) is 4.74 Å². The van der Waals surface area contributed by atoms with Gasteiger partial charge < -0.3 is 10.1 Å². The van der Waals surface area contributed by atoms with Crippen LogP contribution in [0, 0.1) is 5.92 Å². The molecule has 0 spiro atoms. The van der Waals surface area contributed by atoms with Crippen LogP contribution in [-0.4, -0.2) is 25.8 Å². The minimum absolute atomic E-state index is 0.689. The average Bonchev–Trinajstić information content (AvgIpc) is 1.94. The van der Waals surface area contributed by atoms with Gasteiger partial charge >= 0.3 is 0 Å². The molecule has 1 N–H and O–H groups in total. The maximum atomic E-state index is 5.32. The van der Waals surface area contributed by atoms with E-state index in [0.29, 0.717) is 12.0 Å². The molecular weight excluding hydrogens is 126 g/mol. The molecule has 1 saturated heterocycles. The highest BCUT2D eigenvalue weighted by molar-refractivity contribution is 4.75. The van der Waals surface area contributed by atoms with Gasteiger partial charge in [-0.3, -0.25) is 0 Å². The van der Waals surface area contributed by atoms with Gasteiger partial charge in [-0.2, -0.15) is 0 Å². The van der Waals surface area contributed by atoms with E-state index in [9.17, 15) is 0 Å². The summed E-state index contributed by atoms with van der Waals surface area (Å²) in [6.45, 7) is 7.34. The van der Waals surface area contributed by atoms with Gasteiger partial charge in [-0.25, -0.2) is 0 Å². The van der Waals surface area contributed by atoms with Gasteiger partial charge in [-0.05, 0) is 18.9 Å². The third-order valence-corrected chi connectivity index (χ3v) is 2.11. The minimum atomic E-state index is 0.689. The zero-order valence-electron chi connectivity index (χ0n) is 6.89. The molecule has 0 bridgehead atoms. The fraction of sp³-hybridized carbons (Fsp3) is 1.00. The Morgan fingerprint density at radius 2 is 2.40 bits per heavy atom. The molecule has 1 heterocycles. The maximum absolute atomic E-state index is 5.32. The van der Waals surface area contributed by atoms with Crippen LogP contribution in [0.1, 0.15) is 20.3 Å². The smallest absolute Gasteiger partial charge is 0.0506 e. The van der Waals surface area contributed by atoms with E-state index in [1.807, 2.05) is 0 Å². The Morgan fingerprint density at radius 3 is 3.00 bits per heavy atom. The van der Waals surface area contributed by atoms with Crippen LogP contribution in [-0.2, 0) is 4.74 Å². The number of hydrogen-bond acceptors (Lipinski definition) is 2. The van der Waals surface area contributed by atoms with E-state index >= 15 is 0 Å². The molecule has 2 atom stereocenters. The molecular formula is C8H17NO. The van der Waals surface area contributed by atoms with Crippen LogP contribution in [0.5, 0.6) is 0 Å². The van der Waals surface area contributed by atoms with Gasteiger partial charge in [0.2, 0.25) is 0 Å². The summed E-state index contributed by atoms with van der Waals surface area (Å²) in [6.07, 6.45) is 1.18. The van der Waals surface area contributed by atoms with E-state index < -0.39 is 0 Å². The molecule has 0 aromatic carbocycles. The maximum Gasteiger partial charge on any atom is 0.0506 e. The molecule has 60 valence electrons. The summed E-state index contributed by atoms with van der Waals surface area (Å²) in [5.74, 6) is 0.689. The monoisotopic (exact) mass is 143 g/mol. The van der Waals surface area contributed by atoms with Crippen LogP contribution in [0.25, 0.3) is 0 Å². The first-order chi connectivity index (χ1) is 4.84. The van der Waals surface area contributed by atoms with Crippen LogP contribution in [0.2, 0.25) is 0 Å². The number of ether oxygens (including phenoxy) is 1. The van der Waals surface area contributed by atoms with Crippen molar-refractivity contribution in [2.75, 3.05) is 19.8 Å². The summed E-state index contributed by atoms with van der Waals surface area (Å²) in [5, 5.41) is 3.45. The van der Waals surface area contributed by atoms with Crippen molar-refractivity contribution in [2.24, 2.45) is 5.92 Å². The predicted molar refractivity (Wildman–Crippen MR) is 42.1 cm³/mol. The lowest BCUT2D eigenvalue weighted by Gasteiger charge is -2.29. The minimum Gasteiger partial charge on any atom is -0.381 e. The van der Waals surface area contributed by atoms with Gasteiger partial charge in [0, 0.05) is 12.6 Å². The van der Waals surface area contributed by atoms with Crippen molar-refractivity contribution < 1.29 is 4.74 Å². The van der Waals surface area contributed by atoms with E-state index in [1.54, 1.807) is 0 Å². The van der Waals surface area contributed by atoms with E-state index in [-0.39, 0.29) is 0 Å². The van der Waals surface area contributed by atoms with E-state index in [2.05, 4.69) is 19.2 Å². The molecule has 0 aliphatic carbocycles. The first-order valence-electron chi connectivity index (χ1n) is 4.15. The molecule has 1 rings (SSSR count). The standard InChI is InChI=1S/C8H17NO/c1-3-9-8-4-5-10-6-7(8)2/h7-9H,3-6H2,1-2H3/t7-,8+/m1/s1. The summed E-state index contributed by atoms with van der Waals surface area (Å²) in [5.41, 5.74) is 0. The summed E-state index contributed by atoms with van der Waals surface area (Å²) >= 11 is 0. The molecule has 0 aromatic heterocycles. The molecule has 10 heavy (non-hydrogen) atoms. The Balaban J connectivity index is 2.25. The highest BCUT2D eigenvalue weighted by atomic mass is 16.5. The first kappa shape index (κ1) is 8.02. The largest absolute Gasteiger partial charge is 0.381 e. The van der Waals surface area contributed by atoms with Crippen molar-refractivity contribution in [1.82, 2.24) is 5.32 Å². The second-order valence-corrected chi connectivity index (χ2v) is 3.01. The lowest BCUT2D eigenvalue weighted by molar-refractivity contribution is 0.0396. The summed E-state index contributed by atoms with van der Waals surface area (Å²) in [4.78, 5) is 0. The lowest BCUT2D eigenvalue weighted by Crippen LogP contribution is -2.41. The Kier molecular flexibility index (Phi) is 3.16. The predicted octanol–water partition coefficient (Wildman–Crippen LogP) is 1.02. The third-order valence-electron chi connectivity index (χ3n) is 2.11. The van der Waals surface area contributed by atoms with Gasteiger partial charge in [0.15, 0.2) is 0 Å². The molecule has 1 aliphatic rings. The molecule has 0 aromatic rings. The Bertz CT molecular complexity index is 93.3. The Morgan fingerprint density at radius 1 is 1.60 bits per heavy atom. The first-order valence-corrected chi connectivity index (χ1v) is 4.15. The number of rotatable bonds is 2. The van der Waals surface area contributed by atoms with Crippen LogP contribution >= 0.6 is 0 Å². The van der Waals surface area contributed by atoms with Crippen LogP contribution in [0.15, 0.2) is 0 Å². The van der Waals surface area contributed by atoms with Crippen molar-refractivity contribution in [3.8, 4) is 0 Å². The topological polar surface area (TPSA) is 21.3 Å². The SMILES string of the molecule is CCN[C@H]1CCOC[C@H]1C. The summed E-state index contributed by atoms with van der Waals surface area (Å²) in [7, 11) is 0. The molecule has 0 amide bonds. The van der Waals surface area contributed by atoms with Crippen molar-refractivity contribution in [3.63, 3.8) is 0 Å². The fourth-order valence-electron chi connectivity index (χ4n) is 1.45. The van der Waals surface area contributed by atoms with Crippen molar-refractivity contribution >= 4 is 0 Å². The highest BCUT2D eigenvalue weighted by Gasteiger charge is 2.19. The van der Waals surface area contributed by atoms with Gasteiger partial charge in [-0.15, -0.1) is 0 Å². The second-order valence-electron chi connectivity index (χ2n) is 3.01. The molecule has 0 unspecified atom stereocenters.